The van der Waals surface area contributed by atoms with Crippen LogP contribution >= 0.6 is 0 Å². The van der Waals surface area contributed by atoms with Gasteiger partial charge in [-0.15, -0.1) is 0 Å². The van der Waals surface area contributed by atoms with Gasteiger partial charge in [-0.25, -0.2) is 0 Å². The maximum absolute atomic E-state index is 11.7. The Labute approximate surface area is 137 Å². The van der Waals surface area contributed by atoms with Gasteiger partial charge in [-0.3, -0.25) is 9.78 Å². The van der Waals surface area contributed by atoms with E-state index in [9.17, 15) is 9.90 Å². The predicted octanol–water partition coefficient (Wildman–Crippen LogP) is 3.95. The Morgan fingerprint density at radius 3 is 2.70 bits per heavy atom. The number of hydrogen-bond donors (Lipinski definition) is 1. The molecule has 4 heteroatoms. The topological polar surface area (TPSA) is 59.4 Å². The van der Waals surface area contributed by atoms with Crippen molar-refractivity contribution in [3.8, 4) is 0 Å². The highest BCUT2D eigenvalue weighted by atomic mass is 16.6. The summed E-state index contributed by atoms with van der Waals surface area (Å²) >= 11 is 0. The lowest BCUT2D eigenvalue weighted by Gasteiger charge is -2.19. The van der Waals surface area contributed by atoms with Crippen molar-refractivity contribution in [2.24, 2.45) is 0 Å². The lowest BCUT2D eigenvalue weighted by molar-refractivity contribution is -0.154. The number of aliphatic hydroxyl groups is 1. The average Bonchev–Trinajstić information content (AvgIpc) is 2.44. The number of hydrogen-bond acceptors (Lipinski definition) is 4. The van der Waals surface area contributed by atoms with Gasteiger partial charge in [0.2, 0.25) is 0 Å². The normalized spacial score (nSPS) is 13.1. The highest BCUT2D eigenvalue weighted by molar-refractivity contribution is 5.79. The standard InChI is InChI=1S/C19H25NO3/c1-13(21)16-11-15-10-14(8-9-17(15)20-12-16)6-5-7-18(22)23-19(2,3)4/h8-13,21H,5-7H2,1-4H3/t13-/m1/s1. The van der Waals surface area contributed by atoms with Crippen LogP contribution in [0.2, 0.25) is 0 Å². The number of aryl methyl sites for hydroxylation is 1. The summed E-state index contributed by atoms with van der Waals surface area (Å²) in [6, 6.07) is 8.05. The van der Waals surface area contributed by atoms with Crippen LogP contribution in [0.25, 0.3) is 10.9 Å². The molecule has 1 aromatic heterocycles. The molecule has 0 saturated carbocycles. The molecule has 0 aliphatic rings. The van der Waals surface area contributed by atoms with Crippen LogP contribution in [-0.2, 0) is 16.0 Å². The molecule has 1 atom stereocenters. The Kier molecular flexibility index (Phi) is 5.37. The summed E-state index contributed by atoms with van der Waals surface area (Å²) in [6.07, 6.45) is 3.16. The molecule has 2 rings (SSSR count). The van der Waals surface area contributed by atoms with Gasteiger partial charge < -0.3 is 9.84 Å². The number of carbonyl (C=O) groups is 1. The van der Waals surface area contributed by atoms with E-state index in [0.717, 1.165) is 34.9 Å². The molecule has 4 nitrogen and oxygen atoms in total. The molecule has 0 radical (unpaired) electrons. The fourth-order valence-corrected chi connectivity index (χ4v) is 2.41. The Bertz CT molecular complexity index is 687. The minimum absolute atomic E-state index is 0.156. The van der Waals surface area contributed by atoms with E-state index in [0.29, 0.717) is 6.42 Å². The van der Waals surface area contributed by atoms with Gasteiger partial charge in [0.25, 0.3) is 0 Å². The van der Waals surface area contributed by atoms with Crippen LogP contribution in [0.3, 0.4) is 0 Å². The molecule has 0 spiro atoms. The van der Waals surface area contributed by atoms with Crippen LogP contribution in [0.4, 0.5) is 0 Å². The SMILES string of the molecule is C[C@@H](O)c1cnc2ccc(CCCC(=O)OC(C)(C)C)cc2c1. The Hall–Kier alpha value is -1.94. The van der Waals surface area contributed by atoms with E-state index in [1.54, 1.807) is 13.1 Å². The molecule has 1 heterocycles. The van der Waals surface area contributed by atoms with Crippen LogP contribution in [-0.4, -0.2) is 21.7 Å². The number of aliphatic hydroxyl groups excluding tert-OH is 1. The van der Waals surface area contributed by atoms with Gasteiger partial charge in [0.15, 0.2) is 0 Å². The summed E-state index contributed by atoms with van der Waals surface area (Å²) in [7, 11) is 0. The second kappa shape index (κ2) is 7.09. The molecular formula is C19H25NO3. The van der Waals surface area contributed by atoms with Crippen molar-refractivity contribution in [1.82, 2.24) is 4.98 Å². The zero-order chi connectivity index (χ0) is 17.0. The highest BCUT2D eigenvalue weighted by Gasteiger charge is 2.15. The zero-order valence-electron chi connectivity index (χ0n) is 14.3. The van der Waals surface area contributed by atoms with Gasteiger partial charge >= 0.3 is 5.97 Å². The smallest absolute Gasteiger partial charge is 0.306 e. The number of ether oxygens (including phenoxy) is 1. The fraction of sp³-hybridized carbons (Fsp3) is 0.474. The van der Waals surface area contributed by atoms with Crippen molar-refractivity contribution < 1.29 is 14.6 Å². The number of carbonyl (C=O) groups excluding carboxylic acids is 1. The average molecular weight is 315 g/mol. The molecule has 0 unspecified atom stereocenters. The first kappa shape index (κ1) is 17.4. The van der Waals surface area contributed by atoms with Crippen LogP contribution < -0.4 is 0 Å². The molecule has 1 N–H and O–H groups in total. The monoisotopic (exact) mass is 315 g/mol. The molecule has 0 saturated heterocycles. The first-order valence-corrected chi connectivity index (χ1v) is 8.03. The van der Waals surface area contributed by atoms with Crippen LogP contribution in [0.5, 0.6) is 0 Å². The van der Waals surface area contributed by atoms with Crippen LogP contribution in [0.1, 0.15) is 57.8 Å². The van der Waals surface area contributed by atoms with E-state index < -0.39 is 11.7 Å². The predicted molar refractivity (Wildman–Crippen MR) is 91.2 cm³/mol. The minimum atomic E-state index is -0.525. The molecule has 0 aliphatic heterocycles. The molecule has 0 amide bonds. The first-order chi connectivity index (χ1) is 10.7. The Morgan fingerprint density at radius 1 is 1.30 bits per heavy atom. The molecule has 0 aliphatic carbocycles. The maximum Gasteiger partial charge on any atom is 0.306 e. The van der Waals surface area contributed by atoms with Crippen molar-refractivity contribution in [1.29, 1.82) is 0 Å². The van der Waals surface area contributed by atoms with E-state index >= 15 is 0 Å². The number of aromatic nitrogens is 1. The molecule has 2 aromatic rings. The summed E-state index contributed by atoms with van der Waals surface area (Å²) in [5.74, 6) is -0.156. The van der Waals surface area contributed by atoms with Gasteiger partial charge in [0, 0.05) is 18.0 Å². The van der Waals surface area contributed by atoms with E-state index in [2.05, 4.69) is 11.1 Å². The van der Waals surface area contributed by atoms with Crippen molar-refractivity contribution in [2.75, 3.05) is 0 Å². The molecule has 1 aromatic carbocycles. The molecular weight excluding hydrogens is 290 g/mol. The quantitative estimate of drug-likeness (QED) is 0.849. The van der Waals surface area contributed by atoms with E-state index in [1.165, 1.54) is 0 Å². The maximum atomic E-state index is 11.7. The fourth-order valence-electron chi connectivity index (χ4n) is 2.41. The Balaban J connectivity index is 1.99. The second-order valence-corrected chi connectivity index (χ2v) is 6.91. The van der Waals surface area contributed by atoms with Gasteiger partial charge in [0.05, 0.1) is 11.6 Å². The Morgan fingerprint density at radius 2 is 2.04 bits per heavy atom. The number of nitrogens with zero attached hydrogens (tertiary/aromatic N) is 1. The van der Waals surface area contributed by atoms with Gasteiger partial charge in [-0.05, 0) is 69.9 Å². The van der Waals surface area contributed by atoms with Crippen LogP contribution in [0.15, 0.2) is 30.5 Å². The summed E-state index contributed by atoms with van der Waals surface area (Å²) < 4.78 is 5.31. The number of fused-ring (bicyclic) bond motifs is 1. The zero-order valence-corrected chi connectivity index (χ0v) is 14.3. The number of rotatable bonds is 5. The van der Waals surface area contributed by atoms with Crippen molar-refractivity contribution in [3.05, 3.63) is 41.6 Å². The third kappa shape index (κ3) is 5.32. The van der Waals surface area contributed by atoms with Crippen LogP contribution in [0, 0.1) is 0 Å². The van der Waals surface area contributed by atoms with Gasteiger partial charge in [0.1, 0.15) is 5.60 Å². The first-order valence-electron chi connectivity index (χ1n) is 8.03. The molecule has 124 valence electrons. The van der Waals surface area contributed by atoms with E-state index in [4.69, 9.17) is 4.74 Å². The third-order valence-corrected chi connectivity index (χ3v) is 3.52. The summed E-state index contributed by atoms with van der Waals surface area (Å²) in [5.41, 5.74) is 2.45. The van der Waals surface area contributed by atoms with Crippen molar-refractivity contribution in [3.63, 3.8) is 0 Å². The second-order valence-electron chi connectivity index (χ2n) is 6.91. The molecule has 0 fully saturated rings. The largest absolute Gasteiger partial charge is 0.460 e. The summed E-state index contributed by atoms with van der Waals surface area (Å²) in [5, 5.41) is 10.7. The molecule has 0 bridgehead atoms. The van der Waals surface area contributed by atoms with Crippen molar-refractivity contribution in [2.45, 2.75) is 58.7 Å². The van der Waals surface area contributed by atoms with Crippen molar-refractivity contribution >= 4 is 16.9 Å². The molecule has 23 heavy (non-hydrogen) atoms. The van der Waals surface area contributed by atoms with Gasteiger partial charge in [-0.1, -0.05) is 6.07 Å². The number of esters is 1. The summed E-state index contributed by atoms with van der Waals surface area (Å²) in [4.78, 5) is 16.1. The third-order valence-electron chi connectivity index (χ3n) is 3.52. The highest BCUT2D eigenvalue weighted by Crippen LogP contribution is 2.20. The summed E-state index contributed by atoms with van der Waals surface area (Å²) in [6.45, 7) is 7.36. The number of benzene rings is 1. The lowest BCUT2D eigenvalue weighted by atomic mass is 10.0. The minimum Gasteiger partial charge on any atom is -0.460 e. The number of pyridine rings is 1. The van der Waals surface area contributed by atoms with Gasteiger partial charge in [-0.2, -0.15) is 0 Å². The van der Waals surface area contributed by atoms with E-state index in [-0.39, 0.29) is 5.97 Å². The van der Waals surface area contributed by atoms with E-state index in [1.807, 2.05) is 39.0 Å². The lowest BCUT2D eigenvalue weighted by Crippen LogP contribution is -2.23.